The molecule has 2 aliphatic heterocycles. The molecule has 9 heteroatoms. The second-order valence-corrected chi connectivity index (χ2v) is 4.48. The summed E-state index contributed by atoms with van der Waals surface area (Å²) in [4.78, 5) is 8.07. The zero-order chi connectivity index (χ0) is 13.6. The molecule has 0 amide bonds. The van der Waals surface area contributed by atoms with Gasteiger partial charge in [0.1, 0.15) is 36.0 Å². The van der Waals surface area contributed by atoms with Gasteiger partial charge in [-0.1, -0.05) is 0 Å². The van der Waals surface area contributed by atoms with Crippen LogP contribution in [0.3, 0.4) is 0 Å². The highest BCUT2D eigenvalue weighted by Crippen LogP contribution is 2.34. The zero-order valence-electron chi connectivity index (χ0n) is 9.92. The van der Waals surface area contributed by atoms with Crippen LogP contribution in [0.15, 0.2) is 11.3 Å². The van der Waals surface area contributed by atoms with Crippen LogP contribution in [0.25, 0.3) is 0 Å². The molecule has 0 radical (unpaired) electrons. The quantitative estimate of drug-likeness (QED) is 0.415. The van der Waals surface area contributed by atoms with Gasteiger partial charge < -0.3 is 31.1 Å². The Morgan fingerprint density at radius 1 is 1.42 bits per heavy atom. The van der Waals surface area contributed by atoms with E-state index in [1.54, 1.807) is 0 Å². The Hall–Kier alpha value is -1.52. The van der Waals surface area contributed by atoms with Crippen molar-refractivity contribution in [2.24, 2.45) is 10.7 Å². The fourth-order valence-corrected chi connectivity index (χ4v) is 2.29. The molecule has 0 bridgehead atoms. The highest BCUT2D eigenvalue weighted by atomic mass is 16.6. The second-order valence-electron chi connectivity index (χ2n) is 4.48. The van der Waals surface area contributed by atoms with E-state index in [9.17, 15) is 10.2 Å². The van der Waals surface area contributed by atoms with Gasteiger partial charge in [0, 0.05) is 0 Å². The second kappa shape index (κ2) is 4.54. The Morgan fingerprint density at radius 2 is 2.21 bits per heavy atom. The number of rotatable bonds is 2. The first-order chi connectivity index (χ1) is 9.13. The summed E-state index contributed by atoms with van der Waals surface area (Å²) >= 11 is 0. The predicted molar refractivity (Wildman–Crippen MR) is 64.3 cm³/mol. The molecular formula is C10H15N5O4. The summed E-state index contributed by atoms with van der Waals surface area (Å²) in [5, 5.41) is 31.7. The average Bonchev–Trinajstić information content (AvgIpc) is 2.94. The van der Waals surface area contributed by atoms with Crippen LogP contribution in [0.2, 0.25) is 0 Å². The van der Waals surface area contributed by atoms with Crippen LogP contribution in [0.4, 0.5) is 5.82 Å². The average molecular weight is 269 g/mol. The number of ether oxygens (including phenoxy) is 1. The van der Waals surface area contributed by atoms with Crippen LogP contribution in [0, 0.1) is 0 Å². The van der Waals surface area contributed by atoms with E-state index in [0.717, 1.165) is 0 Å². The Morgan fingerprint density at radius 3 is 2.89 bits per heavy atom. The lowest BCUT2D eigenvalue weighted by Crippen LogP contribution is -2.33. The van der Waals surface area contributed by atoms with Gasteiger partial charge in [0.15, 0.2) is 6.23 Å². The summed E-state index contributed by atoms with van der Waals surface area (Å²) in [7, 11) is 0. The lowest BCUT2D eigenvalue weighted by Gasteiger charge is -2.21. The topological polar surface area (TPSA) is 138 Å². The molecule has 2 aliphatic rings. The van der Waals surface area contributed by atoms with E-state index in [0.29, 0.717) is 11.5 Å². The van der Waals surface area contributed by atoms with Crippen LogP contribution in [-0.4, -0.2) is 56.1 Å². The van der Waals surface area contributed by atoms with Crippen LogP contribution in [-0.2, 0) is 4.74 Å². The minimum absolute atomic E-state index is 0.375. The van der Waals surface area contributed by atoms with Crippen molar-refractivity contribution in [1.82, 2.24) is 9.55 Å². The van der Waals surface area contributed by atoms with Gasteiger partial charge in [0.2, 0.25) is 0 Å². The lowest BCUT2D eigenvalue weighted by atomic mass is 10.1. The van der Waals surface area contributed by atoms with E-state index in [1.165, 1.54) is 17.2 Å². The summed E-state index contributed by atoms with van der Waals surface area (Å²) in [5.41, 5.74) is 6.30. The number of aliphatic hydroxyl groups excluding tert-OH is 3. The van der Waals surface area contributed by atoms with Crippen molar-refractivity contribution in [2.45, 2.75) is 30.7 Å². The number of nitrogens with zero attached hydrogens (tertiary/aromatic N) is 3. The Kier molecular flexibility index (Phi) is 2.99. The van der Waals surface area contributed by atoms with Gasteiger partial charge in [-0.3, -0.25) is 9.56 Å². The highest BCUT2D eigenvalue weighted by Gasteiger charge is 2.44. The molecule has 3 heterocycles. The lowest BCUT2D eigenvalue weighted by molar-refractivity contribution is -0.0518. The molecule has 0 aliphatic carbocycles. The molecule has 1 aromatic heterocycles. The number of imidazole rings is 1. The minimum atomic E-state index is -1.16. The first kappa shape index (κ1) is 12.5. The third-order valence-electron chi connectivity index (χ3n) is 3.33. The molecular weight excluding hydrogens is 254 g/mol. The molecule has 19 heavy (non-hydrogen) atoms. The molecule has 6 N–H and O–H groups in total. The number of anilines is 1. The van der Waals surface area contributed by atoms with E-state index >= 15 is 0 Å². The molecule has 0 spiro atoms. The van der Waals surface area contributed by atoms with Gasteiger partial charge >= 0.3 is 0 Å². The van der Waals surface area contributed by atoms with E-state index in [1.807, 2.05) is 0 Å². The summed E-state index contributed by atoms with van der Waals surface area (Å²) in [6.07, 6.45) is -1.67. The van der Waals surface area contributed by atoms with E-state index in [-0.39, 0.29) is 6.61 Å². The summed E-state index contributed by atoms with van der Waals surface area (Å²) in [6.45, 7) is -0.375. The van der Waals surface area contributed by atoms with Crippen molar-refractivity contribution >= 4 is 12.2 Å². The fourth-order valence-electron chi connectivity index (χ4n) is 2.29. The van der Waals surface area contributed by atoms with E-state index in [4.69, 9.17) is 15.6 Å². The number of aromatic nitrogens is 2. The predicted octanol–water partition coefficient (Wildman–Crippen LogP) is -2.09. The third kappa shape index (κ3) is 1.83. The Bertz CT molecular complexity index is 504. The monoisotopic (exact) mass is 269 g/mol. The van der Waals surface area contributed by atoms with Gasteiger partial charge in [-0.05, 0) is 0 Å². The third-order valence-corrected chi connectivity index (χ3v) is 3.33. The van der Waals surface area contributed by atoms with Crippen molar-refractivity contribution in [3.63, 3.8) is 0 Å². The first-order valence-electron chi connectivity index (χ1n) is 5.86. The summed E-state index contributed by atoms with van der Waals surface area (Å²) in [6, 6.07) is 0. The molecule has 0 saturated carbocycles. The maximum atomic E-state index is 9.97. The van der Waals surface area contributed by atoms with Gasteiger partial charge in [-0.2, -0.15) is 0 Å². The molecule has 0 aromatic carbocycles. The molecule has 1 saturated heterocycles. The van der Waals surface area contributed by atoms with Gasteiger partial charge in [0.05, 0.1) is 19.3 Å². The Balaban J connectivity index is 1.92. The van der Waals surface area contributed by atoms with E-state index < -0.39 is 30.7 Å². The zero-order valence-corrected chi connectivity index (χ0v) is 9.92. The molecule has 3 unspecified atom stereocenters. The van der Waals surface area contributed by atoms with Crippen LogP contribution in [0.5, 0.6) is 0 Å². The molecule has 5 atom stereocenters. The summed E-state index contributed by atoms with van der Waals surface area (Å²) < 4.78 is 6.96. The fraction of sp³-hybridized carbons (Fsp3) is 0.600. The van der Waals surface area contributed by atoms with E-state index in [2.05, 4.69) is 15.3 Å². The van der Waals surface area contributed by atoms with Crippen molar-refractivity contribution in [1.29, 1.82) is 0 Å². The normalized spacial score (nSPS) is 37.2. The number of hydrogen-bond acceptors (Lipinski definition) is 8. The SMILES string of the molecule is NC1N=CNc2c1ncn2[C@@H]1O[C@H](CO)C(O)C1O. The summed E-state index contributed by atoms with van der Waals surface area (Å²) in [5.74, 6) is 0.553. The molecule has 9 nitrogen and oxygen atoms in total. The number of aliphatic hydroxyl groups is 3. The minimum Gasteiger partial charge on any atom is -0.394 e. The van der Waals surface area contributed by atoms with Crippen molar-refractivity contribution in [3.8, 4) is 0 Å². The number of hydrogen-bond donors (Lipinski definition) is 5. The largest absolute Gasteiger partial charge is 0.394 e. The number of nitrogens with one attached hydrogen (secondary N) is 1. The van der Waals surface area contributed by atoms with Crippen molar-refractivity contribution in [3.05, 3.63) is 12.0 Å². The first-order valence-corrected chi connectivity index (χ1v) is 5.86. The molecule has 1 fully saturated rings. The van der Waals surface area contributed by atoms with Crippen LogP contribution >= 0.6 is 0 Å². The van der Waals surface area contributed by atoms with Gasteiger partial charge in [0.25, 0.3) is 0 Å². The van der Waals surface area contributed by atoms with Crippen molar-refractivity contribution in [2.75, 3.05) is 11.9 Å². The molecule has 1 aromatic rings. The maximum absolute atomic E-state index is 9.97. The van der Waals surface area contributed by atoms with Gasteiger partial charge in [-0.15, -0.1) is 0 Å². The maximum Gasteiger partial charge on any atom is 0.165 e. The van der Waals surface area contributed by atoms with Crippen molar-refractivity contribution < 1.29 is 20.1 Å². The number of aliphatic imine (C=N–C) groups is 1. The van der Waals surface area contributed by atoms with Crippen LogP contribution in [0.1, 0.15) is 18.1 Å². The van der Waals surface area contributed by atoms with Gasteiger partial charge in [-0.25, -0.2) is 4.98 Å². The number of nitrogens with two attached hydrogens (primary N) is 1. The molecule has 3 rings (SSSR count). The van der Waals surface area contributed by atoms with Crippen LogP contribution < -0.4 is 11.1 Å². The molecule has 104 valence electrons. The number of fused-ring (bicyclic) bond motifs is 1. The smallest absolute Gasteiger partial charge is 0.165 e. The Labute approximate surface area is 108 Å². The standard InChI is InChI=1S/C10H15N5O4/c11-8-5-9(13-2-12-8)15(3-14-5)10-7(18)6(17)4(1-16)19-10/h2-4,6-8,10,16-18H,1,11H2,(H,12,13)/t4-,6?,7?,8?,10-/m1/s1. The highest BCUT2D eigenvalue weighted by molar-refractivity contribution is 5.77.